The quantitative estimate of drug-likeness (QED) is 0.444. The van der Waals surface area contributed by atoms with E-state index in [9.17, 15) is 9.18 Å². The van der Waals surface area contributed by atoms with Crippen LogP contribution in [0.3, 0.4) is 0 Å². The Hall–Kier alpha value is -3.58. The van der Waals surface area contributed by atoms with Crippen molar-refractivity contribution < 1.29 is 9.13 Å². The van der Waals surface area contributed by atoms with Crippen LogP contribution in [0.2, 0.25) is 5.02 Å². The molecule has 0 amide bonds. The van der Waals surface area contributed by atoms with Crippen molar-refractivity contribution in [3.63, 3.8) is 0 Å². The first kappa shape index (κ1) is 20.7. The van der Waals surface area contributed by atoms with E-state index >= 15 is 0 Å². The first-order chi connectivity index (χ1) is 14.9. The predicted molar refractivity (Wildman–Crippen MR) is 122 cm³/mol. The topological polar surface area (TPSA) is 84.2 Å². The number of ether oxygens (including phenoxy) is 1. The third kappa shape index (κ3) is 4.18. The maximum Gasteiger partial charge on any atom is 0.256 e. The third-order valence-corrected chi connectivity index (χ3v) is 5.37. The molecule has 8 heteroatoms. The van der Waals surface area contributed by atoms with E-state index < -0.39 is 5.82 Å². The highest BCUT2D eigenvalue weighted by Crippen LogP contribution is 2.31. The van der Waals surface area contributed by atoms with Gasteiger partial charge in [-0.2, -0.15) is 0 Å². The van der Waals surface area contributed by atoms with Crippen molar-refractivity contribution in [3.05, 3.63) is 81.5 Å². The second kappa shape index (κ2) is 8.28. The molecule has 31 heavy (non-hydrogen) atoms. The Balaban J connectivity index is 1.66. The maximum absolute atomic E-state index is 13.6. The Labute approximate surface area is 183 Å². The summed E-state index contributed by atoms with van der Waals surface area (Å²) < 4.78 is 18.8. The summed E-state index contributed by atoms with van der Waals surface area (Å²) in [5.74, 6) is 0.875. The number of aromatic nitrogens is 2. The van der Waals surface area contributed by atoms with Gasteiger partial charge in [0, 0.05) is 42.4 Å². The van der Waals surface area contributed by atoms with Crippen LogP contribution in [-0.2, 0) is 6.54 Å². The number of nitrogens with zero attached hydrogens (tertiary/aromatic N) is 2. The highest BCUT2D eigenvalue weighted by atomic mass is 35.5. The molecule has 0 aliphatic heterocycles. The molecule has 2 aromatic carbocycles. The summed E-state index contributed by atoms with van der Waals surface area (Å²) in [5.41, 5.74) is 7.61. The number of hydrogen-bond acceptors (Lipinski definition) is 5. The molecule has 6 nitrogen and oxygen atoms in total. The number of nitrogen functional groups attached to an aromatic ring is 1. The molecule has 4 rings (SSSR count). The zero-order valence-corrected chi connectivity index (χ0v) is 17.7. The minimum atomic E-state index is -0.628. The van der Waals surface area contributed by atoms with Gasteiger partial charge in [0.05, 0.1) is 23.3 Å². The van der Waals surface area contributed by atoms with Crippen LogP contribution >= 0.6 is 11.6 Å². The van der Waals surface area contributed by atoms with E-state index in [1.54, 1.807) is 19.4 Å². The summed E-state index contributed by atoms with van der Waals surface area (Å²) in [6.07, 6.45) is 1.68. The summed E-state index contributed by atoms with van der Waals surface area (Å²) in [4.78, 5) is 22.1. The van der Waals surface area contributed by atoms with Crippen molar-refractivity contribution in [1.82, 2.24) is 9.97 Å². The van der Waals surface area contributed by atoms with Crippen LogP contribution in [0, 0.1) is 5.82 Å². The van der Waals surface area contributed by atoms with Crippen LogP contribution in [0.4, 0.5) is 15.9 Å². The second-order valence-corrected chi connectivity index (χ2v) is 7.61. The summed E-state index contributed by atoms with van der Waals surface area (Å²) in [5, 5.41) is 0.829. The lowest BCUT2D eigenvalue weighted by Gasteiger charge is -2.19. The van der Waals surface area contributed by atoms with E-state index in [1.165, 1.54) is 6.07 Å². The summed E-state index contributed by atoms with van der Waals surface area (Å²) in [6, 6.07) is 13.7. The SMILES string of the molecule is COc1ccc(CN(C)c2cc3[nH]c(=O)c(-c4cc(N)c(F)cc4Cl)cc3cn2)cc1. The van der Waals surface area contributed by atoms with Gasteiger partial charge in [-0.3, -0.25) is 4.79 Å². The van der Waals surface area contributed by atoms with E-state index in [2.05, 4.69) is 9.97 Å². The molecule has 0 aliphatic carbocycles. The molecule has 0 bridgehead atoms. The zero-order valence-electron chi connectivity index (χ0n) is 16.9. The van der Waals surface area contributed by atoms with Crippen LogP contribution in [0.1, 0.15) is 5.56 Å². The average Bonchev–Trinajstić information content (AvgIpc) is 2.76. The number of hydrogen-bond donors (Lipinski definition) is 2. The van der Waals surface area contributed by atoms with Gasteiger partial charge in [0.25, 0.3) is 5.56 Å². The Morgan fingerprint density at radius 1 is 1.16 bits per heavy atom. The van der Waals surface area contributed by atoms with Gasteiger partial charge in [0.2, 0.25) is 0 Å². The number of H-pyrrole nitrogens is 1. The molecule has 2 aromatic heterocycles. The first-order valence-corrected chi connectivity index (χ1v) is 9.85. The Kier molecular flexibility index (Phi) is 5.52. The molecule has 0 spiro atoms. The lowest BCUT2D eigenvalue weighted by atomic mass is 10.0. The molecule has 158 valence electrons. The lowest BCUT2D eigenvalue weighted by Crippen LogP contribution is -2.18. The maximum atomic E-state index is 13.6. The number of pyridine rings is 2. The Morgan fingerprint density at radius 2 is 1.90 bits per heavy atom. The fraction of sp³-hybridized carbons (Fsp3) is 0.130. The van der Waals surface area contributed by atoms with Gasteiger partial charge >= 0.3 is 0 Å². The number of rotatable bonds is 5. The number of methoxy groups -OCH3 is 1. The largest absolute Gasteiger partial charge is 0.497 e. The summed E-state index contributed by atoms with van der Waals surface area (Å²) >= 11 is 6.14. The third-order valence-electron chi connectivity index (χ3n) is 5.06. The van der Waals surface area contributed by atoms with Crippen LogP contribution < -0.4 is 20.9 Å². The summed E-state index contributed by atoms with van der Waals surface area (Å²) in [7, 11) is 3.55. The first-order valence-electron chi connectivity index (χ1n) is 9.47. The molecule has 4 aromatic rings. The molecular formula is C23H20ClFN4O2. The molecule has 0 aliphatic rings. The number of nitrogens with two attached hydrogens (primary N) is 1. The standard InChI is InChI=1S/C23H20ClFN4O2/c1-29(12-13-3-5-15(31-2)6-4-13)22-10-21-14(11-27-22)7-17(23(30)28-21)16-8-20(26)19(25)9-18(16)24/h3-11H,12,26H2,1-2H3,(H,28,30). The molecule has 0 saturated carbocycles. The van der Waals surface area contributed by atoms with Crippen molar-refractivity contribution in [2.45, 2.75) is 6.54 Å². The van der Waals surface area contributed by atoms with E-state index in [-0.39, 0.29) is 16.3 Å². The minimum absolute atomic E-state index is 0.0764. The molecule has 0 radical (unpaired) electrons. The monoisotopic (exact) mass is 438 g/mol. The van der Waals surface area contributed by atoms with Gasteiger partial charge < -0.3 is 20.4 Å². The van der Waals surface area contributed by atoms with Crippen LogP contribution in [0.15, 0.2) is 59.5 Å². The molecule has 0 unspecified atom stereocenters. The number of aromatic amines is 1. The van der Waals surface area contributed by atoms with Gasteiger partial charge in [0.15, 0.2) is 0 Å². The lowest BCUT2D eigenvalue weighted by molar-refractivity contribution is 0.414. The minimum Gasteiger partial charge on any atom is -0.497 e. The van der Waals surface area contributed by atoms with Crippen molar-refractivity contribution in [1.29, 1.82) is 0 Å². The number of halogens is 2. The highest BCUT2D eigenvalue weighted by Gasteiger charge is 2.14. The van der Waals surface area contributed by atoms with Crippen molar-refractivity contribution in [3.8, 4) is 16.9 Å². The predicted octanol–water partition coefficient (Wildman–Crippen LogP) is 4.61. The van der Waals surface area contributed by atoms with Crippen molar-refractivity contribution in [2.75, 3.05) is 24.8 Å². The van der Waals surface area contributed by atoms with Crippen LogP contribution in [0.5, 0.6) is 5.75 Å². The highest BCUT2D eigenvalue weighted by molar-refractivity contribution is 6.33. The fourth-order valence-corrected chi connectivity index (χ4v) is 3.61. The summed E-state index contributed by atoms with van der Waals surface area (Å²) in [6.45, 7) is 0.634. The normalized spacial score (nSPS) is 11.0. The van der Waals surface area contributed by atoms with Crippen LogP contribution in [-0.4, -0.2) is 24.1 Å². The fourth-order valence-electron chi connectivity index (χ4n) is 3.36. The van der Waals surface area contributed by atoms with Gasteiger partial charge in [-0.15, -0.1) is 0 Å². The van der Waals surface area contributed by atoms with Crippen molar-refractivity contribution in [2.24, 2.45) is 0 Å². The molecule has 0 saturated heterocycles. The molecule has 2 heterocycles. The van der Waals surface area contributed by atoms with Gasteiger partial charge in [-0.05, 0) is 35.9 Å². The second-order valence-electron chi connectivity index (χ2n) is 7.20. The zero-order chi connectivity index (χ0) is 22.1. The number of anilines is 2. The van der Waals surface area contributed by atoms with Gasteiger partial charge in [-0.25, -0.2) is 9.37 Å². The van der Waals surface area contributed by atoms with Crippen LogP contribution in [0.25, 0.3) is 22.0 Å². The van der Waals surface area contributed by atoms with Gasteiger partial charge in [0.1, 0.15) is 17.4 Å². The Morgan fingerprint density at radius 3 is 2.61 bits per heavy atom. The van der Waals surface area contributed by atoms with E-state index in [1.807, 2.05) is 42.3 Å². The number of nitrogens with one attached hydrogen (secondary N) is 1. The van der Waals surface area contributed by atoms with E-state index in [0.717, 1.165) is 22.8 Å². The smallest absolute Gasteiger partial charge is 0.256 e. The molecular weight excluding hydrogens is 419 g/mol. The van der Waals surface area contributed by atoms with E-state index in [0.29, 0.717) is 29.0 Å². The van der Waals surface area contributed by atoms with E-state index in [4.69, 9.17) is 22.1 Å². The van der Waals surface area contributed by atoms with Gasteiger partial charge in [-0.1, -0.05) is 23.7 Å². The molecule has 0 fully saturated rings. The average molecular weight is 439 g/mol. The molecule has 0 atom stereocenters. The Bertz CT molecular complexity index is 1320. The van der Waals surface area contributed by atoms with Crippen molar-refractivity contribution >= 4 is 34.0 Å². The molecule has 3 N–H and O–H groups in total. The number of benzene rings is 2. The number of fused-ring (bicyclic) bond motifs is 1.